The number of anilines is 1. The number of rotatable bonds is 12. The van der Waals surface area contributed by atoms with Crippen molar-refractivity contribution in [2.45, 2.75) is 30.8 Å². The molecule has 4 aromatic carbocycles. The van der Waals surface area contributed by atoms with Crippen LogP contribution >= 0.6 is 39.1 Å². The van der Waals surface area contributed by atoms with Gasteiger partial charge < -0.3 is 10.2 Å². The summed E-state index contributed by atoms with van der Waals surface area (Å²) in [6.45, 7) is 1.64. The van der Waals surface area contributed by atoms with Crippen LogP contribution in [-0.4, -0.2) is 44.3 Å². The fraction of sp³-hybridized carbons (Fsp3) is 0.188. The fourth-order valence-corrected chi connectivity index (χ4v) is 6.73. The summed E-state index contributed by atoms with van der Waals surface area (Å²) in [5, 5.41) is 3.22. The zero-order valence-corrected chi connectivity index (χ0v) is 27.2. The van der Waals surface area contributed by atoms with E-state index in [4.69, 9.17) is 23.2 Å². The van der Waals surface area contributed by atoms with Crippen LogP contribution in [0.1, 0.15) is 18.1 Å². The van der Waals surface area contributed by atoms with Gasteiger partial charge in [-0.1, -0.05) is 99.8 Å². The smallest absolute Gasteiger partial charge is 0.264 e. The first kappa shape index (κ1) is 32.5. The lowest BCUT2D eigenvalue weighted by Gasteiger charge is -2.34. The molecule has 0 spiro atoms. The van der Waals surface area contributed by atoms with Gasteiger partial charge in [0.15, 0.2) is 0 Å². The molecule has 7 nitrogen and oxygen atoms in total. The first-order valence-electron chi connectivity index (χ1n) is 13.5. The molecule has 4 aromatic rings. The topological polar surface area (TPSA) is 86.8 Å². The quantitative estimate of drug-likeness (QED) is 0.178. The van der Waals surface area contributed by atoms with E-state index in [1.807, 2.05) is 54.6 Å². The van der Waals surface area contributed by atoms with Crippen molar-refractivity contribution in [3.05, 3.63) is 129 Å². The Morgan fingerprint density at radius 1 is 0.837 bits per heavy atom. The van der Waals surface area contributed by atoms with Crippen molar-refractivity contribution < 1.29 is 18.0 Å². The van der Waals surface area contributed by atoms with Crippen LogP contribution < -0.4 is 9.62 Å². The van der Waals surface area contributed by atoms with Gasteiger partial charge in [-0.25, -0.2) is 8.42 Å². The molecule has 0 heterocycles. The Labute approximate surface area is 270 Å². The van der Waals surface area contributed by atoms with Crippen LogP contribution in [-0.2, 0) is 32.6 Å². The van der Waals surface area contributed by atoms with E-state index in [-0.39, 0.29) is 39.5 Å². The van der Waals surface area contributed by atoms with E-state index in [1.54, 1.807) is 25.1 Å². The van der Waals surface area contributed by atoms with E-state index in [9.17, 15) is 18.0 Å². The predicted octanol–water partition coefficient (Wildman–Crippen LogP) is 6.73. The summed E-state index contributed by atoms with van der Waals surface area (Å²) in [4.78, 5) is 29.3. The third-order valence-electron chi connectivity index (χ3n) is 6.67. The highest BCUT2D eigenvalue weighted by atomic mass is 79.9. The van der Waals surface area contributed by atoms with E-state index in [0.717, 1.165) is 19.9 Å². The molecular formula is C32H30BrCl2N3O4S. The molecule has 0 aliphatic rings. The van der Waals surface area contributed by atoms with Gasteiger partial charge >= 0.3 is 0 Å². The number of hydrogen-bond donors (Lipinski definition) is 1. The van der Waals surface area contributed by atoms with E-state index in [1.165, 1.54) is 35.2 Å². The summed E-state index contributed by atoms with van der Waals surface area (Å²) in [6, 6.07) is 28.0. The zero-order chi connectivity index (χ0) is 31.0. The number of likely N-dealkylation sites (N-methyl/N-ethyl adjacent to an activating group) is 1. The summed E-state index contributed by atoms with van der Waals surface area (Å²) in [5.41, 5.74) is 1.77. The summed E-state index contributed by atoms with van der Waals surface area (Å²) in [7, 11) is -4.23. The van der Waals surface area contributed by atoms with Crippen molar-refractivity contribution in [1.29, 1.82) is 0 Å². The maximum atomic E-state index is 14.4. The number of hydrogen-bond acceptors (Lipinski definition) is 4. The van der Waals surface area contributed by atoms with Gasteiger partial charge in [0.2, 0.25) is 11.8 Å². The highest BCUT2D eigenvalue weighted by Crippen LogP contribution is 2.31. The lowest BCUT2D eigenvalue weighted by atomic mass is 10.0. The van der Waals surface area contributed by atoms with Crippen LogP contribution in [0.3, 0.4) is 0 Å². The van der Waals surface area contributed by atoms with E-state index in [0.29, 0.717) is 6.54 Å². The highest BCUT2D eigenvalue weighted by molar-refractivity contribution is 9.10. The number of nitrogens with zero attached hydrogens (tertiary/aromatic N) is 2. The molecule has 0 aliphatic heterocycles. The number of carbonyl (C=O) groups excluding carboxylic acids is 2. The summed E-state index contributed by atoms with van der Waals surface area (Å²) >= 11 is 15.9. The molecule has 0 bridgehead atoms. The first-order valence-corrected chi connectivity index (χ1v) is 16.5. The van der Waals surface area contributed by atoms with Crippen molar-refractivity contribution in [1.82, 2.24) is 10.2 Å². The van der Waals surface area contributed by atoms with Gasteiger partial charge in [0, 0.05) is 24.0 Å². The van der Waals surface area contributed by atoms with Crippen LogP contribution in [0.2, 0.25) is 10.0 Å². The molecule has 2 amide bonds. The number of nitrogens with one attached hydrogen (secondary N) is 1. The Bertz CT molecular complexity index is 1670. The predicted molar refractivity (Wildman–Crippen MR) is 175 cm³/mol. The lowest BCUT2D eigenvalue weighted by Crippen LogP contribution is -2.53. The Balaban J connectivity index is 1.81. The van der Waals surface area contributed by atoms with Gasteiger partial charge in [0.1, 0.15) is 12.6 Å². The van der Waals surface area contributed by atoms with Crippen LogP contribution in [0, 0.1) is 0 Å². The number of carbonyl (C=O) groups is 2. The molecule has 0 saturated carbocycles. The fourth-order valence-electron chi connectivity index (χ4n) is 4.57. The second-order valence-electron chi connectivity index (χ2n) is 9.67. The van der Waals surface area contributed by atoms with Crippen molar-refractivity contribution in [2.24, 2.45) is 0 Å². The maximum Gasteiger partial charge on any atom is 0.264 e. The van der Waals surface area contributed by atoms with Gasteiger partial charge in [0.25, 0.3) is 10.0 Å². The summed E-state index contributed by atoms with van der Waals surface area (Å²) < 4.78 is 29.8. The molecule has 0 radical (unpaired) electrons. The van der Waals surface area contributed by atoms with Crippen LogP contribution in [0.4, 0.5) is 5.69 Å². The van der Waals surface area contributed by atoms with E-state index in [2.05, 4.69) is 21.2 Å². The van der Waals surface area contributed by atoms with Gasteiger partial charge in [0.05, 0.1) is 20.6 Å². The average Bonchev–Trinajstić information content (AvgIpc) is 3.00. The minimum Gasteiger partial charge on any atom is -0.355 e. The zero-order valence-electron chi connectivity index (χ0n) is 23.3. The van der Waals surface area contributed by atoms with E-state index < -0.39 is 28.5 Å². The van der Waals surface area contributed by atoms with Crippen molar-refractivity contribution >= 4 is 66.7 Å². The minimum atomic E-state index is -4.23. The molecule has 11 heteroatoms. The number of benzene rings is 4. The molecule has 224 valence electrons. The highest BCUT2D eigenvalue weighted by Gasteiger charge is 2.34. The Morgan fingerprint density at radius 3 is 2.12 bits per heavy atom. The molecule has 0 saturated heterocycles. The third kappa shape index (κ3) is 8.38. The van der Waals surface area contributed by atoms with E-state index >= 15 is 0 Å². The molecule has 4 rings (SSSR count). The SMILES string of the molecule is CCNC(=O)[C@H](Cc1ccccc1)N(Cc1cccc(Br)c1)C(=O)CN(c1ccc(Cl)c(Cl)c1)S(=O)(=O)c1ccccc1. The molecule has 1 N–H and O–H groups in total. The number of halogens is 3. The lowest BCUT2D eigenvalue weighted by molar-refractivity contribution is -0.140. The van der Waals surface area contributed by atoms with Gasteiger partial charge in [-0.3, -0.25) is 13.9 Å². The van der Waals surface area contributed by atoms with Gasteiger partial charge in [-0.05, 0) is 60.5 Å². The molecule has 0 fully saturated rings. The molecule has 0 aliphatic carbocycles. The monoisotopic (exact) mass is 701 g/mol. The number of sulfonamides is 1. The first-order chi connectivity index (χ1) is 20.6. The second-order valence-corrected chi connectivity index (χ2v) is 13.3. The third-order valence-corrected chi connectivity index (χ3v) is 9.69. The van der Waals surface area contributed by atoms with Crippen molar-refractivity contribution in [2.75, 3.05) is 17.4 Å². The maximum absolute atomic E-state index is 14.4. The van der Waals surface area contributed by atoms with Gasteiger partial charge in [-0.2, -0.15) is 0 Å². The Kier molecular flexibility index (Phi) is 11.3. The Morgan fingerprint density at radius 2 is 1.49 bits per heavy atom. The molecule has 0 unspecified atom stereocenters. The average molecular weight is 703 g/mol. The van der Waals surface area contributed by atoms with Crippen LogP contribution in [0.5, 0.6) is 0 Å². The van der Waals surface area contributed by atoms with Crippen LogP contribution in [0.25, 0.3) is 0 Å². The van der Waals surface area contributed by atoms with Gasteiger partial charge in [-0.15, -0.1) is 0 Å². The molecule has 1 atom stereocenters. The van der Waals surface area contributed by atoms with Crippen molar-refractivity contribution in [3.8, 4) is 0 Å². The minimum absolute atomic E-state index is 0.00280. The molecule has 43 heavy (non-hydrogen) atoms. The largest absolute Gasteiger partial charge is 0.355 e. The standard InChI is InChI=1S/C32H30BrCl2N3O4S/c1-2-36-32(40)30(19-23-10-5-3-6-11-23)37(21-24-12-9-13-25(33)18-24)31(39)22-38(26-16-17-28(34)29(35)20-26)43(41,42)27-14-7-4-8-15-27/h3-18,20,30H,2,19,21-22H2,1H3,(H,36,40)/t30-/m0/s1. The van der Waals surface area contributed by atoms with Crippen molar-refractivity contribution in [3.63, 3.8) is 0 Å². The van der Waals surface area contributed by atoms with Crippen LogP contribution in [0.15, 0.2) is 112 Å². The normalized spacial score (nSPS) is 11.9. The molecule has 0 aromatic heterocycles. The Hall–Kier alpha value is -3.37. The number of amides is 2. The summed E-state index contributed by atoms with van der Waals surface area (Å²) in [6.07, 6.45) is 0.227. The second kappa shape index (κ2) is 14.9. The summed E-state index contributed by atoms with van der Waals surface area (Å²) in [5.74, 6) is -0.917. The molecular weight excluding hydrogens is 673 g/mol.